The minimum Gasteiger partial charge on any atom is -0.496 e. The molecule has 0 bridgehead atoms. The fourth-order valence-electron chi connectivity index (χ4n) is 3.36. The van der Waals surface area contributed by atoms with Gasteiger partial charge in [0.1, 0.15) is 11.6 Å². The van der Waals surface area contributed by atoms with Crippen LogP contribution < -0.4 is 4.74 Å². The fourth-order valence-corrected chi connectivity index (χ4v) is 3.36. The summed E-state index contributed by atoms with van der Waals surface area (Å²) in [7, 11) is 1.73. The van der Waals surface area contributed by atoms with Gasteiger partial charge in [-0.05, 0) is 36.6 Å². The van der Waals surface area contributed by atoms with Crippen molar-refractivity contribution in [3.05, 3.63) is 52.1 Å². The summed E-state index contributed by atoms with van der Waals surface area (Å²) in [6.07, 6.45) is 3.02. The minimum atomic E-state index is 0.00387. The molecular weight excluding hydrogens is 310 g/mol. The highest BCUT2D eigenvalue weighted by Gasteiger charge is 2.23. The molecule has 134 valence electrons. The summed E-state index contributed by atoms with van der Waals surface area (Å²) in [5, 5.41) is 0. The first kappa shape index (κ1) is 17.9. The van der Waals surface area contributed by atoms with Gasteiger partial charge in [0.2, 0.25) is 0 Å². The summed E-state index contributed by atoms with van der Waals surface area (Å²) in [5.41, 5.74) is 6.42. The molecule has 1 aliphatic heterocycles. The number of fused-ring (bicyclic) bond motifs is 1. The van der Waals surface area contributed by atoms with Gasteiger partial charge in [-0.1, -0.05) is 26.8 Å². The van der Waals surface area contributed by atoms with Gasteiger partial charge in [0.15, 0.2) is 0 Å². The van der Waals surface area contributed by atoms with Gasteiger partial charge in [-0.2, -0.15) is 0 Å². The van der Waals surface area contributed by atoms with E-state index in [1.54, 1.807) is 7.11 Å². The van der Waals surface area contributed by atoms with Crippen LogP contribution in [0.15, 0.2) is 18.3 Å². The molecule has 0 spiro atoms. The molecule has 1 aromatic heterocycles. The van der Waals surface area contributed by atoms with E-state index in [0.717, 1.165) is 37.6 Å². The predicted molar refractivity (Wildman–Crippen MR) is 101 cm³/mol. The number of methoxy groups -OCH3 is 1. The maximum Gasteiger partial charge on any atom is 0.133 e. The van der Waals surface area contributed by atoms with Crippen LogP contribution in [-0.2, 0) is 24.9 Å². The van der Waals surface area contributed by atoms with Crippen molar-refractivity contribution in [3.63, 3.8) is 0 Å². The highest BCUT2D eigenvalue weighted by molar-refractivity contribution is 5.43. The number of aromatic nitrogens is 2. The zero-order valence-corrected chi connectivity index (χ0v) is 16.3. The zero-order chi connectivity index (χ0) is 18.2. The van der Waals surface area contributed by atoms with Crippen molar-refractivity contribution >= 4 is 0 Å². The van der Waals surface area contributed by atoms with Crippen molar-refractivity contribution in [3.8, 4) is 5.75 Å². The molecular formula is C21H29N3O. The van der Waals surface area contributed by atoms with Gasteiger partial charge < -0.3 is 4.74 Å². The van der Waals surface area contributed by atoms with Crippen LogP contribution in [0, 0.1) is 13.8 Å². The first-order valence-corrected chi connectivity index (χ1v) is 9.00. The maximum absolute atomic E-state index is 5.43. The monoisotopic (exact) mass is 339 g/mol. The Morgan fingerprint density at radius 1 is 1.16 bits per heavy atom. The number of hydrogen-bond acceptors (Lipinski definition) is 4. The van der Waals surface area contributed by atoms with Crippen molar-refractivity contribution in [2.24, 2.45) is 0 Å². The second kappa shape index (κ2) is 6.75. The van der Waals surface area contributed by atoms with Crippen LogP contribution in [0.1, 0.15) is 54.5 Å². The Bertz CT molecular complexity index is 777. The smallest absolute Gasteiger partial charge is 0.133 e. The molecule has 25 heavy (non-hydrogen) atoms. The van der Waals surface area contributed by atoms with E-state index in [-0.39, 0.29) is 5.41 Å². The number of hydrogen-bond donors (Lipinski definition) is 0. The standard InChI is InChI=1S/C21H29N3O/c1-14-15(2)19(25-6)8-7-16(14)12-24-10-9-18-17(13-24)11-22-20(23-18)21(3,4)5/h7-8,11H,9-10,12-13H2,1-6H3. The van der Waals surface area contributed by atoms with E-state index in [4.69, 9.17) is 9.72 Å². The molecule has 0 saturated heterocycles. The molecule has 0 atom stereocenters. The summed E-state index contributed by atoms with van der Waals surface area (Å²) in [5.74, 6) is 1.91. The third-order valence-electron chi connectivity index (χ3n) is 5.15. The van der Waals surface area contributed by atoms with E-state index in [9.17, 15) is 0 Å². The third kappa shape index (κ3) is 3.69. The summed E-state index contributed by atoms with van der Waals surface area (Å²) in [6, 6.07) is 4.27. The van der Waals surface area contributed by atoms with Crippen molar-refractivity contribution in [2.45, 2.75) is 59.5 Å². The lowest BCUT2D eigenvalue weighted by Gasteiger charge is -2.29. The van der Waals surface area contributed by atoms with Gasteiger partial charge >= 0.3 is 0 Å². The molecule has 2 heterocycles. The first-order valence-electron chi connectivity index (χ1n) is 9.00. The van der Waals surface area contributed by atoms with E-state index >= 15 is 0 Å². The molecule has 1 aliphatic rings. The number of rotatable bonds is 3. The van der Waals surface area contributed by atoms with Crippen molar-refractivity contribution in [1.29, 1.82) is 0 Å². The van der Waals surface area contributed by atoms with Gasteiger partial charge in [-0.15, -0.1) is 0 Å². The average Bonchev–Trinajstić information content (AvgIpc) is 2.58. The predicted octanol–water partition coefficient (Wildman–Crippen LogP) is 3.96. The van der Waals surface area contributed by atoms with Crippen molar-refractivity contribution < 1.29 is 4.74 Å². The maximum atomic E-state index is 5.43. The summed E-state index contributed by atoms with van der Waals surface area (Å²) in [6.45, 7) is 13.7. The SMILES string of the molecule is COc1ccc(CN2CCc3nc(C(C)(C)C)ncc3C2)c(C)c1C. The van der Waals surface area contributed by atoms with Gasteiger partial charge in [0, 0.05) is 48.9 Å². The minimum absolute atomic E-state index is 0.00387. The van der Waals surface area contributed by atoms with Gasteiger partial charge in [-0.25, -0.2) is 9.97 Å². The summed E-state index contributed by atoms with van der Waals surface area (Å²) >= 11 is 0. The molecule has 0 amide bonds. The highest BCUT2D eigenvalue weighted by atomic mass is 16.5. The first-order chi connectivity index (χ1) is 11.8. The molecule has 0 radical (unpaired) electrons. The van der Waals surface area contributed by atoms with Gasteiger partial charge in [0.05, 0.1) is 7.11 Å². The van der Waals surface area contributed by atoms with Crippen LogP contribution in [0.2, 0.25) is 0 Å². The van der Waals surface area contributed by atoms with Crippen LogP contribution in [0.4, 0.5) is 0 Å². The molecule has 0 unspecified atom stereocenters. The Morgan fingerprint density at radius 3 is 2.60 bits per heavy atom. The normalized spacial score (nSPS) is 15.1. The lowest BCUT2D eigenvalue weighted by Crippen LogP contribution is -2.32. The average molecular weight is 339 g/mol. The molecule has 3 rings (SSSR count). The molecule has 4 nitrogen and oxygen atoms in total. The van der Waals surface area contributed by atoms with Crippen LogP contribution in [-0.4, -0.2) is 28.5 Å². The highest BCUT2D eigenvalue weighted by Crippen LogP contribution is 2.27. The lowest BCUT2D eigenvalue weighted by molar-refractivity contribution is 0.241. The van der Waals surface area contributed by atoms with E-state index < -0.39 is 0 Å². The quantitative estimate of drug-likeness (QED) is 0.848. The zero-order valence-electron chi connectivity index (χ0n) is 16.3. The summed E-state index contributed by atoms with van der Waals surface area (Å²) < 4.78 is 5.43. The van der Waals surface area contributed by atoms with Crippen LogP contribution in [0.25, 0.3) is 0 Å². The molecule has 4 heteroatoms. The van der Waals surface area contributed by atoms with Crippen molar-refractivity contribution in [1.82, 2.24) is 14.9 Å². The Hall–Kier alpha value is -1.94. The van der Waals surface area contributed by atoms with E-state index in [0.29, 0.717) is 0 Å². The Morgan fingerprint density at radius 2 is 1.92 bits per heavy atom. The third-order valence-corrected chi connectivity index (χ3v) is 5.15. The van der Waals surface area contributed by atoms with E-state index in [1.807, 2.05) is 6.20 Å². The largest absolute Gasteiger partial charge is 0.496 e. The van der Waals surface area contributed by atoms with E-state index in [2.05, 4.69) is 56.6 Å². The Balaban J connectivity index is 1.77. The molecule has 2 aromatic rings. The molecule has 0 saturated carbocycles. The number of nitrogens with zero attached hydrogens (tertiary/aromatic N) is 3. The number of benzene rings is 1. The van der Waals surface area contributed by atoms with Crippen LogP contribution in [0.3, 0.4) is 0 Å². The van der Waals surface area contributed by atoms with Crippen LogP contribution in [0.5, 0.6) is 5.75 Å². The van der Waals surface area contributed by atoms with Crippen LogP contribution >= 0.6 is 0 Å². The topological polar surface area (TPSA) is 38.2 Å². The molecule has 0 N–H and O–H groups in total. The van der Waals surface area contributed by atoms with Gasteiger partial charge in [-0.3, -0.25) is 4.90 Å². The molecule has 0 fully saturated rings. The second-order valence-electron chi connectivity index (χ2n) is 8.05. The fraction of sp³-hybridized carbons (Fsp3) is 0.524. The number of ether oxygens (including phenoxy) is 1. The van der Waals surface area contributed by atoms with E-state index in [1.165, 1.54) is 27.9 Å². The van der Waals surface area contributed by atoms with Crippen molar-refractivity contribution in [2.75, 3.05) is 13.7 Å². The molecule has 0 aliphatic carbocycles. The molecule has 1 aromatic carbocycles. The summed E-state index contributed by atoms with van der Waals surface area (Å²) in [4.78, 5) is 11.9. The van der Waals surface area contributed by atoms with Gasteiger partial charge in [0.25, 0.3) is 0 Å². The Labute approximate surface area is 151 Å². The lowest BCUT2D eigenvalue weighted by atomic mass is 9.95. The second-order valence-corrected chi connectivity index (χ2v) is 8.05. The Kier molecular flexibility index (Phi) is 4.83.